The molecule has 0 saturated carbocycles. The normalized spacial score (nSPS) is 16.0. The van der Waals surface area contributed by atoms with Crippen molar-refractivity contribution in [3.8, 4) is 5.75 Å². The number of aromatic nitrogens is 2. The Morgan fingerprint density at radius 3 is 2.84 bits per heavy atom. The number of piperazine rings is 1. The number of ether oxygens (including phenoxy) is 1. The molecular formula is C18H22N4O3. The number of carbonyl (C=O) groups is 2. The van der Waals surface area contributed by atoms with E-state index in [2.05, 4.69) is 5.10 Å². The van der Waals surface area contributed by atoms with Crippen LogP contribution in [0.15, 0.2) is 42.7 Å². The first-order valence-electron chi connectivity index (χ1n) is 8.29. The standard InChI is InChI=1S/C18H22N4O3/c1-14(12-21-8-4-7-19-21)18(24)20-9-10-22(17(23)13-20)15-5-3-6-16(11-15)25-2/h3-8,11,14H,9-10,12-13H2,1-2H3/t14-/m1/s1. The maximum absolute atomic E-state index is 12.6. The van der Waals surface area contributed by atoms with Crippen LogP contribution in [0.1, 0.15) is 6.92 Å². The van der Waals surface area contributed by atoms with Crippen LogP contribution in [0.2, 0.25) is 0 Å². The molecule has 1 fully saturated rings. The second kappa shape index (κ2) is 7.38. The second-order valence-corrected chi connectivity index (χ2v) is 6.14. The third kappa shape index (κ3) is 3.81. The zero-order chi connectivity index (χ0) is 17.8. The number of hydrogen-bond acceptors (Lipinski definition) is 4. The molecule has 2 heterocycles. The van der Waals surface area contributed by atoms with Crippen molar-refractivity contribution in [3.63, 3.8) is 0 Å². The highest BCUT2D eigenvalue weighted by Crippen LogP contribution is 2.23. The van der Waals surface area contributed by atoms with Gasteiger partial charge in [0.1, 0.15) is 12.3 Å². The quantitative estimate of drug-likeness (QED) is 0.824. The zero-order valence-electron chi connectivity index (χ0n) is 14.5. The Hall–Kier alpha value is -2.83. The summed E-state index contributed by atoms with van der Waals surface area (Å²) in [5.41, 5.74) is 0.793. The van der Waals surface area contributed by atoms with Gasteiger partial charge in [0.25, 0.3) is 0 Å². The fraction of sp³-hybridized carbons (Fsp3) is 0.389. The molecule has 3 rings (SSSR count). The highest BCUT2D eigenvalue weighted by Gasteiger charge is 2.30. The molecule has 0 bridgehead atoms. The van der Waals surface area contributed by atoms with Crippen molar-refractivity contribution in [3.05, 3.63) is 42.7 Å². The van der Waals surface area contributed by atoms with Crippen molar-refractivity contribution < 1.29 is 14.3 Å². The van der Waals surface area contributed by atoms with E-state index in [0.29, 0.717) is 25.4 Å². The predicted molar refractivity (Wildman–Crippen MR) is 93.3 cm³/mol. The van der Waals surface area contributed by atoms with E-state index in [4.69, 9.17) is 4.74 Å². The average molecular weight is 342 g/mol. The molecule has 1 aromatic carbocycles. The van der Waals surface area contributed by atoms with Crippen LogP contribution < -0.4 is 9.64 Å². The van der Waals surface area contributed by atoms with Crippen LogP contribution in [0, 0.1) is 5.92 Å². The molecule has 7 nitrogen and oxygen atoms in total. The first kappa shape index (κ1) is 17.0. The van der Waals surface area contributed by atoms with Gasteiger partial charge in [-0.25, -0.2) is 0 Å². The maximum Gasteiger partial charge on any atom is 0.246 e. The van der Waals surface area contributed by atoms with E-state index >= 15 is 0 Å². The minimum Gasteiger partial charge on any atom is -0.497 e. The number of methoxy groups -OCH3 is 1. The maximum atomic E-state index is 12.6. The summed E-state index contributed by atoms with van der Waals surface area (Å²) in [5.74, 6) is 0.376. The molecule has 1 aromatic heterocycles. The van der Waals surface area contributed by atoms with Crippen LogP contribution in [-0.4, -0.2) is 53.2 Å². The molecule has 1 saturated heterocycles. The summed E-state index contributed by atoms with van der Waals surface area (Å²) >= 11 is 0. The molecule has 0 N–H and O–H groups in total. The van der Waals surface area contributed by atoms with Crippen LogP contribution in [0.5, 0.6) is 5.75 Å². The molecule has 0 aliphatic carbocycles. The van der Waals surface area contributed by atoms with Crippen molar-refractivity contribution in [1.82, 2.24) is 14.7 Å². The van der Waals surface area contributed by atoms with Crippen LogP contribution >= 0.6 is 0 Å². The lowest BCUT2D eigenvalue weighted by Gasteiger charge is -2.35. The fourth-order valence-electron chi connectivity index (χ4n) is 2.99. The van der Waals surface area contributed by atoms with Gasteiger partial charge in [0, 0.05) is 37.2 Å². The van der Waals surface area contributed by atoms with Gasteiger partial charge in [0.15, 0.2) is 0 Å². The minimum atomic E-state index is -0.226. The molecule has 1 aliphatic heterocycles. The average Bonchev–Trinajstić information content (AvgIpc) is 3.14. The molecular weight excluding hydrogens is 320 g/mol. The summed E-state index contributed by atoms with van der Waals surface area (Å²) in [5, 5.41) is 4.13. The first-order valence-corrected chi connectivity index (χ1v) is 8.29. The molecule has 0 spiro atoms. The molecule has 25 heavy (non-hydrogen) atoms. The van der Waals surface area contributed by atoms with Crippen LogP contribution in [0.25, 0.3) is 0 Å². The van der Waals surface area contributed by atoms with Crippen molar-refractivity contribution in [1.29, 1.82) is 0 Å². The Balaban J connectivity index is 1.62. The van der Waals surface area contributed by atoms with Crippen molar-refractivity contribution in [2.75, 3.05) is 31.6 Å². The lowest BCUT2D eigenvalue weighted by molar-refractivity contribution is -0.140. The number of benzene rings is 1. The Morgan fingerprint density at radius 1 is 1.32 bits per heavy atom. The van der Waals surface area contributed by atoms with Gasteiger partial charge >= 0.3 is 0 Å². The van der Waals surface area contributed by atoms with Crippen LogP contribution in [0.4, 0.5) is 5.69 Å². The zero-order valence-corrected chi connectivity index (χ0v) is 14.5. The van der Waals surface area contributed by atoms with E-state index in [1.54, 1.807) is 27.8 Å². The SMILES string of the molecule is COc1cccc(N2CCN(C(=O)[C@H](C)Cn3cccn3)CC2=O)c1. The first-order chi connectivity index (χ1) is 12.1. The number of anilines is 1. The number of carbonyl (C=O) groups excluding carboxylic acids is 2. The summed E-state index contributed by atoms with van der Waals surface area (Å²) in [6.07, 6.45) is 3.52. The van der Waals surface area contributed by atoms with E-state index in [1.807, 2.05) is 43.5 Å². The number of nitrogens with zero attached hydrogens (tertiary/aromatic N) is 4. The van der Waals surface area contributed by atoms with E-state index in [1.165, 1.54) is 0 Å². The third-order valence-corrected chi connectivity index (χ3v) is 4.34. The van der Waals surface area contributed by atoms with E-state index < -0.39 is 0 Å². The van der Waals surface area contributed by atoms with E-state index in [0.717, 1.165) is 5.69 Å². The molecule has 0 radical (unpaired) electrons. The van der Waals surface area contributed by atoms with Crippen molar-refractivity contribution in [2.24, 2.45) is 5.92 Å². The van der Waals surface area contributed by atoms with Gasteiger partial charge in [0.2, 0.25) is 11.8 Å². The highest BCUT2D eigenvalue weighted by atomic mass is 16.5. The van der Waals surface area contributed by atoms with Crippen molar-refractivity contribution in [2.45, 2.75) is 13.5 Å². The number of amides is 2. The van der Waals surface area contributed by atoms with Gasteiger partial charge in [-0.2, -0.15) is 5.10 Å². The highest BCUT2D eigenvalue weighted by molar-refractivity contribution is 5.98. The Morgan fingerprint density at radius 2 is 2.16 bits per heavy atom. The van der Waals surface area contributed by atoms with Gasteiger partial charge in [0.05, 0.1) is 19.6 Å². The molecule has 2 amide bonds. The van der Waals surface area contributed by atoms with Crippen molar-refractivity contribution >= 4 is 17.5 Å². The lowest BCUT2D eigenvalue weighted by Crippen LogP contribution is -2.53. The van der Waals surface area contributed by atoms with E-state index in [9.17, 15) is 9.59 Å². The minimum absolute atomic E-state index is 0.0193. The fourth-order valence-corrected chi connectivity index (χ4v) is 2.99. The Bertz CT molecular complexity index is 745. The van der Waals surface area contributed by atoms with Gasteiger partial charge in [-0.05, 0) is 18.2 Å². The predicted octanol–water partition coefficient (Wildman–Crippen LogP) is 1.40. The van der Waals surface area contributed by atoms with Crippen LogP contribution in [-0.2, 0) is 16.1 Å². The smallest absolute Gasteiger partial charge is 0.246 e. The van der Waals surface area contributed by atoms with E-state index in [-0.39, 0.29) is 24.3 Å². The van der Waals surface area contributed by atoms with Crippen LogP contribution in [0.3, 0.4) is 0 Å². The molecule has 1 aliphatic rings. The summed E-state index contributed by atoms with van der Waals surface area (Å²) in [7, 11) is 1.60. The molecule has 132 valence electrons. The summed E-state index contributed by atoms with van der Waals surface area (Å²) < 4.78 is 6.94. The summed E-state index contributed by atoms with van der Waals surface area (Å²) in [6, 6.07) is 9.22. The van der Waals surface area contributed by atoms with Gasteiger partial charge in [-0.3, -0.25) is 14.3 Å². The monoisotopic (exact) mass is 342 g/mol. The Kier molecular flexibility index (Phi) is 5.02. The number of rotatable bonds is 5. The largest absolute Gasteiger partial charge is 0.497 e. The third-order valence-electron chi connectivity index (χ3n) is 4.34. The molecule has 7 heteroatoms. The molecule has 2 aromatic rings. The number of hydrogen-bond donors (Lipinski definition) is 0. The van der Waals surface area contributed by atoms with Gasteiger partial charge in [-0.1, -0.05) is 13.0 Å². The second-order valence-electron chi connectivity index (χ2n) is 6.14. The topological polar surface area (TPSA) is 67.7 Å². The van der Waals surface area contributed by atoms with Gasteiger partial charge in [-0.15, -0.1) is 0 Å². The summed E-state index contributed by atoms with van der Waals surface area (Å²) in [6.45, 7) is 3.47. The molecule has 0 unspecified atom stereocenters. The lowest BCUT2D eigenvalue weighted by atomic mass is 10.1. The Labute approximate surface area is 146 Å². The summed E-state index contributed by atoms with van der Waals surface area (Å²) in [4.78, 5) is 28.5. The van der Waals surface area contributed by atoms with Gasteiger partial charge < -0.3 is 14.5 Å². The molecule has 1 atom stereocenters.